The van der Waals surface area contributed by atoms with Crippen LogP contribution in [-0.2, 0) is 19.1 Å². The number of carbonyl (C=O) groups is 1. The van der Waals surface area contributed by atoms with Crippen molar-refractivity contribution in [3.8, 4) is 17.2 Å². The lowest BCUT2D eigenvalue weighted by Crippen LogP contribution is -2.70. The number of nitrogens with zero attached hydrogens (tertiary/aromatic N) is 2. The normalized spacial score (nSPS) is 26.0. The SMILES string of the molecule is C=CCOC12Oc3ccc(Oc4ccc(SC)cc4)cc3C3C(CCCCO)C(CCCCO)C=C(C(=NOC)CC1N(CCOCCO)C(=O)C1CC1)C32. The molecule has 1 amide bonds. The number of aliphatic hydroxyl groups excluding tert-OH is 3. The highest BCUT2D eigenvalue weighted by Crippen LogP contribution is 2.62. The Balaban J connectivity index is 1.54. The summed E-state index contributed by atoms with van der Waals surface area (Å²) < 4.78 is 26.5. The molecule has 3 aliphatic carbocycles. The molecule has 0 spiro atoms. The van der Waals surface area contributed by atoms with E-state index in [0.29, 0.717) is 30.8 Å². The van der Waals surface area contributed by atoms with Gasteiger partial charge in [0.05, 0.1) is 38.1 Å². The van der Waals surface area contributed by atoms with E-state index in [4.69, 9.17) is 23.8 Å². The Kier molecular flexibility index (Phi) is 14.7. The molecule has 1 heterocycles. The smallest absolute Gasteiger partial charge is 0.239 e. The van der Waals surface area contributed by atoms with Gasteiger partial charge in [-0.2, -0.15) is 0 Å². The lowest BCUT2D eigenvalue weighted by Gasteiger charge is -2.60. The van der Waals surface area contributed by atoms with Gasteiger partial charge in [0, 0.05) is 48.5 Å². The molecule has 0 radical (unpaired) electrons. The molecule has 2 saturated carbocycles. The summed E-state index contributed by atoms with van der Waals surface area (Å²) in [5.74, 6) is 0.390. The van der Waals surface area contributed by atoms with Crippen LogP contribution >= 0.6 is 11.8 Å². The summed E-state index contributed by atoms with van der Waals surface area (Å²) in [5.41, 5.74) is 2.73. The maximum Gasteiger partial charge on any atom is 0.239 e. The average molecular weight is 779 g/mol. The van der Waals surface area contributed by atoms with Crippen molar-refractivity contribution in [1.82, 2.24) is 4.90 Å². The number of benzene rings is 2. The molecule has 2 aromatic carbocycles. The van der Waals surface area contributed by atoms with Crippen LogP contribution in [0.15, 0.2) is 76.8 Å². The van der Waals surface area contributed by atoms with E-state index in [1.165, 1.54) is 0 Å². The summed E-state index contributed by atoms with van der Waals surface area (Å²) in [5, 5.41) is 33.8. The fraction of sp³-hybridized carbons (Fsp3) is 0.581. The number of carbonyl (C=O) groups excluding carboxylic acids is 1. The van der Waals surface area contributed by atoms with Crippen LogP contribution in [0.3, 0.4) is 0 Å². The Labute approximate surface area is 329 Å². The van der Waals surface area contributed by atoms with E-state index in [0.717, 1.165) is 66.0 Å². The standard InChI is InChI=1S/C43H58N2O9S/c1-4-23-52-43-39(45(19-24-51-25-22-48)42(49)29-11-12-29)28-37(44-50-2)35-26-30(9-5-7-20-46)34(10-6-8-21-47)40(41(35)43)36-27-32(15-18-38(36)54-43)53-31-13-16-33(55-3)17-14-31/h4,13-18,26-27,29-30,34,39-41,46-48H,1,5-12,19-25,28H2,2-3H3. The Morgan fingerprint density at radius 1 is 1.02 bits per heavy atom. The molecule has 3 N–H and O–H groups in total. The van der Waals surface area contributed by atoms with Crippen LogP contribution in [0.4, 0.5) is 0 Å². The summed E-state index contributed by atoms with van der Waals surface area (Å²) in [4.78, 5) is 22.9. The van der Waals surface area contributed by atoms with E-state index in [1.807, 2.05) is 47.6 Å². The molecule has 6 rings (SSSR count). The molecule has 2 fully saturated rings. The van der Waals surface area contributed by atoms with E-state index >= 15 is 0 Å². The molecule has 0 saturated heterocycles. The highest BCUT2D eigenvalue weighted by Gasteiger charge is 2.65. The molecule has 4 aliphatic rings. The van der Waals surface area contributed by atoms with Crippen LogP contribution in [0.2, 0.25) is 0 Å². The van der Waals surface area contributed by atoms with Crippen molar-refractivity contribution >= 4 is 23.4 Å². The van der Waals surface area contributed by atoms with Gasteiger partial charge in [-0.3, -0.25) is 4.79 Å². The Morgan fingerprint density at radius 3 is 2.44 bits per heavy atom. The number of hydrogen-bond acceptors (Lipinski definition) is 11. The number of fused-ring (bicyclic) bond motifs is 2. The largest absolute Gasteiger partial charge is 0.459 e. The van der Waals surface area contributed by atoms with Gasteiger partial charge in [0.1, 0.15) is 30.4 Å². The topological polar surface area (TPSA) is 140 Å². The summed E-state index contributed by atoms with van der Waals surface area (Å²) in [7, 11) is 1.55. The number of unbranched alkanes of at least 4 members (excludes halogenated alkanes) is 2. The first-order chi connectivity index (χ1) is 26.9. The first-order valence-corrected chi connectivity index (χ1v) is 21.1. The molecule has 300 valence electrons. The summed E-state index contributed by atoms with van der Waals surface area (Å²) >= 11 is 1.68. The number of thioether (sulfide) groups is 1. The molecular weight excluding hydrogens is 721 g/mol. The van der Waals surface area contributed by atoms with Gasteiger partial charge in [0.25, 0.3) is 0 Å². The zero-order valence-electron chi connectivity index (χ0n) is 32.3. The van der Waals surface area contributed by atoms with E-state index < -0.39 is 17.7 Å². The van der Waals surface area contributed by atoms with Crippen molar-refractivity contribution in [3.05, 3.63) is 72.3 Å². The predicted molar refractivity (Wildman–Crippen MR) is 213 cm³/mol. The minimum atomic E-state index is -1.33. The number of allylic oxidation sites excluding steroid dienone is 1. The number of ether oxygens (including phenoxy) is 4. The van der Waals surface area contributed by atoms with Crippen LogP contribution in [-0.4, -0.2) is 103 Å². The van der Waals surface area contributed by atoms with Crippen LogP contribution in [0.1, 0.15) is 69.3 Å². The highest BCUT2D eigenvalue weighted by molar-refractivity contribution is 7.98. The van der Waals surface area contributed by atoms with E-state index in [1.54, 1.807) is 24.9 Å². The zero-order chi connectivity index (χ0) is 38.8. The van der Waals surface area contributed by atoms with Gasteiger partial charge in [-0.25, -0.2) is 0 Å². The average Bonchev–Trinajstić information content (AvgIpc) is 4.05. The van der Waals surface area contributed by atoms with Crippen molar-refractivity contribution in [2.75, 3.05) is 59.6 Å². The maximum atomic E-state index is 14.4. The molecule has 2 aromatic rings. The molecule has 11 nitrogen and oxygen atoms in total. The van der Waals surface area contributed by atoms with Crippen molar-refractivity contribution < 1.29 is 43.9 Å². The molecule has 6 unspecified atom stereocenters. The first-order valence-electron chi connectivity index (χ1n) is 19.9. The molecule has 0 aromatic heterocycles. The van der Waals surface area contributed by atoms with Crippen LogP contribution in [0.5, 0.6) is 17.2 Å². The van der Waals surface area contributed by atoms with Gasteiger partial charge < -0.3 is 44.0 Å². The molecule has 1 aliphatic heterocycles. The second kappa shape index (κ2) is 19.7. The van der Waals surface area contributed by atoms with Crippen molar-refractivity contribution in [1.29, 1.82) is 0 Å². The lowest BCUT2D eigenvalue weighted by molar-refractivity contribution is -0.258. The second-order valence-electron chi connectivity index (χ2n) is 14.9. The third-order valence-corrected chi connectivity index (χ3v) is 12.2. The van der Waals surface area contributed by atoms with Gasteiger partial charge in [-0.1, -0.05) is 30.1 Å². The monoisotopic (exact) mass is 778 g/mol. The Bertz CT molecular complexity index is 1650. The number of oxime groups is 1. The van der Waals surface area contributed by atoms with Crippen molar-refractivity contribution in [2.24, 2.45) is 28.8 Å². The van der Waals surface area contributed by atoms with Gasteiger partial charge in [0.2, 0.25) is 11.7 Å². The van der Waals surface area contributed by atoms with Crippen LogP contribution in [0, 0.1) is 23.7 Å². The molecule has 12 heteroatoms. The minimum Gasteiger partial charge on any atom is -0.459 e. The quantitative estimate of drug-likeness (QED) is 0.0512. The summed E-state index contributed by atoms with van der Waals surface area (Å²) in [6.07, 6.45) is 12.9. The van der Waals surface area contributed by atoms with Gasteiger partial charge in [-0.05, 0) is 105 Å². The molecule has 55 heavy (non-hydrogen) atoms. The molecule has 6 atom stereocenters. The number of hydrogen-bond donors (Lipinski definition) is 3. The van der Waals surface area contributed by atoms with Crippen molar-refractivity contribution in [3.63, 3.8) is 0 Å². The van der Waals surface area contributed by atoms with Gasteiger partial charge >= 0.3 is 0 Å². The van der Waals surface area contributed by atoms with Gasteiger partial charge in [-0.15, -0.1) is 18.3 Å². The Morgan fingerprint density at radius 2 is 1.76 bits per heavy atom. The third kappa shape index (κ3) is 9.27. The van der Waals surface area contributed by atoms with E-state index in [-0.39, 0.29) is 75.8 Å². The third-order valence-electron chi connectivity index (χ3n) is 11.4. The van der Waals surface area contributed by atoms with Crippen molar-refractivity contribution in [2.45, 2.75) is 80.4 Å². The maximum absolute atomic E-state index is 14.4. The second-order valence-corrected chi connectivity index (χ2v) is 15.8. The summed E-state index contributed by atoms with van der Waals surface area (Å²) in [6.45, 7) is 5.03. The number of rotatable bonds is 22. The zero-order valence-corrected chi connectivity index (χ0v) is 33.1. The Hall–Kier alpha value is -3.39. The number of amides is 1. The lowest BCUT2D eigenvalue weighted by atomic mass is 9.55. The first kappa shape index (κ1) is 41.2. The van der Waals surface area contributed by atoms with Crippen LogP contribution < -0.4 is 9.47 Å². The summed E-state index contributed by atoms with van der Waals surface area (Å²) in [6, 6.07) is 13.4. The fourth-order valence-corrected chi connectivity index (χ4v) is 9.32. The molecule has 0 bridgehead atoms. The predicted octanol–water partition coefficient (Wildman–Crippen LogP) is 6.71. The van der Waals surface area contributed by atoms with E-state index in [2.05, 4.69) is 23.9 Å². The minimum absolute atomic E-state index is 0.0303. The van der Waals surface area contributed by atoms with Crippen LogP contribution in [0.25, 0.3) is 0 Å². The van der Waals surface area contributed by atoms with Gasteiger partial charge in [0.15, 0.2) is 0 Å². The molecular formula is C43H58N2O9S. The highest BCUT2D eigenvalue weighted by atomic mass is 32.2. The van der Waals surface area contributed by atoms with E-state index in [9.17, 15) is 20.1 Å². The fourth-order valence-electron chi connectivity index (χ4n) is 8.92. The number of aliphatic hydroxyl groups is 3.